The first-order valence-electron chi connectivity index (χ1n) is 5.77. The first kappa shape index (κ1) is 10.6. The molecule has 1 aromatic carbocycles. The Labute approximate surface area is 90.7 Å². The highest BCUT2D eigenvalue weighted by atomic mass is 19.1. The molecule has 0 radical (unpaired) electrons. The summed E-state index contributed by atoms with van der Waals surface area (Å²) in [5.41, 5.74) is 1.28. The quantitative estimate of drug-likeness (QED) is 0.782. The minimum Gasteiger partial charge on any atom is -0.316 e. The van der Waals surface area contributed by atoms with Crippen LogP contribution in [-0.2, 0) is 0 Å². The molecule has 1 nitrogen and oxygen atoms in total. The maximum Gasteiger partial charge on any atom is 0.123 e. The second-order valence-corrected chi connectivity index (χ2v) is 4.30. The molecule has 82 valence electrons. The van der Waals surface area contributed by atoms with Gasteiger partial charge in [-0.1, -0.05) is 19.1 Å². The van der Waals surface area contributed by atoms with Crippen molar-refractivity contribution < 1.29 is 4.39 Å². The van der Waals surface area contributed by atoms with Crippen molar-refractivity contribution in [3.63, 3.8) is 0 Å². The lowest BCUT2D eigenvalue weighted by atomic mass is 9.94. The molecule has 1 fully saturated rings. The third kappa shape index (κ3) is 2.78. The molecule has 0 saturated heterocycles. The normalized spacial score (nSPS) is 17.7. The molecular formula is C13H18FN. The highest BCUT2D eigenvalue weighted by molar-refractivity contribution is 5.23. The highest BCUT2D eigenvalue weighted by Gasteiger charge is 2.31. The maximum absolute atomic E-state index is 12.8. The van der Waals surface area contributed by atoms with E-state index in [2.05, 4.69) is 12.2 Å². The zero-order valence-corrected chi connectivity index (χ0v) is 9.17. The minimum atomic E-state index is -0.142. The summed E-state index contributed by atoms with van der Waals surface area (Å²) in [4.78, 5) is 0. The number of halogens is 1. The van der Waals surface area contributed by atoms with Crippen LogP contribution in [0.4, 0.5) is 4.39 Å². The van der Waals surface area contributed by atoms with Crippen LogP contribution in [0.1, 0.15) is 31.2 Å². The molecular weight excluding hydrogens is 189 g/mol. The number of hydrogen-bond acceptors (Lipinski definition) is 1. The van der Waals surface area contributed by atoms with Gasteiger partial charge in [0.2, 0.25) is 0 Å². The van der Waals surface area contributed by atoms with Gasteiger partial charge in [0.05, 0.1) is 0 Å². The molecule has 0 amide bonds. The topological polar surface area (TPSA) is 12.0 Å². The molecule has 1 N–H and O–H groups in total. The Bertz CT molecular complexity index is 303. The number of hydrogen-bond donors (Lipinski definition) is 1. The van der Waals surface area contributed by atoms with E-state index < -0.39 is 0 Å². The van der Waals surface area contributed by atoms with Gasteiger partial charge < -0.3 is 5.32 Å². The Balaban J connectivity index is 2.06. The summed E-state index contributed by atoms with van der Waals surface area (Å²) in [5, 5.41) is 3.39. The molecule has 1 aliphatic carbocycles. The van der Waals surface area contributed by atoms with Crippen molar-refractivity contribution in [2.45, 2.75) is 25.7 Å². The molecule has 1 saturated carbocycles. The maximum atomic E-state index is 12.8. The molecule has 0 aliphatic heterocycles. The largest absolute Gasteiger partial charge is 0.316 e. The van der Waals surface area contributed by atoms with E-state index in [0.717, 1.165) is 19.0 Å². The van der Waals surface area contributed by atoms with E-state index in [1.165, 1.54) is 18.4 Å². The van der Waals surface area contributed by atoms with Gasteiger partial charge in [-0.3, -0.25) is 0 Å². The van der Waals surface area contributed by atoms with Gasteiger partial charge >= 0.3 is 0 Å². The molecule has 15 heavy (non-hydrogen) atoms. The zero-order chi connectivity index (χ0) is 10.7. The van der Waals surface area contributed by atoms with Gasteiger partial charge in [0, 0.05) is 6.54 Å². The first-order valence-corrected chi connectivity index (χ1v) is 5.77. The molecule has 0 bridgehead atoms. The van der Waals surface area contributed by atoms with E-state index in [4.69, 9.17) is 0 Å². The molecule has 0 aromatic heterocycles. The fourth-order valence-electron chi connectivity index (χ4n) is 2.07. The van der Waals surface area contributed by atoms with Crippen molar-refractivity contribution in [3.8, 4) is 0 Å². The van der Waals surface area contributed by atoms with Gasteiger partial charge in [-0.25, -0.2) is 4.39 Å². The average molecular weight is 207 g/mol. The fraction of sp³-hybridized carbons (Fsp3) is 0.538. The third-order valence-corrected chi connectivity index (χ3v) is 3.10. The summed E-state index contributed by atoms with van der Waals surface area (Å²) in [6.45, 7) is 4.14. The fourth-order valence-corrected chi connectivity index (χ4v) is 2.07. The SMILES string of the molecule is CCNCC(c1ccc(F)cc1)C1CC1. The smallest absolute Gasteiger partial charge is 0.123 e. The summed E-state index contributed by atoms with van der Waals surface area (Å²) in [7, 11) is 0. The van der Waals surface area contributed by atoms with Crippen LogP contribution in [-0.4, -0.2) is 13.1 Å². The predicted molar refractivity (Wildman–Crippen MR) is 60.4 cm³/mol. The van der Waals surface area contributed by atoms with E-state index in [9.17, 15) is 4.39 Å². The van der Waals surface area contributed by atoms with Gasteiger partial charge in [-0.05, 0) is 48.9 Å². The van der Waals surface area contributed by atoms with Crippen LogP contribution in [0.25, 0.3) is 0 Å². The molecule has 1 aliphatic rings. The van der Waals surface area contributed by atoms with Crippen molar-refractivity contribution in [1.82, 2.24) is 5.32 Å². The monoisotopic (exact) mass is 207 g/mol. The lowest BCUT2D eigenvalue weighted by molar-refractivity contribution is 0.543. The lowest BCUT2D eigenvalue weighted by Crippen LogP contribution is -2.22. The Morgan fingerprint density at radius 2 is 2.00 bits per heavy atom. The van der Waals surface area contributed by atoms with Crippen molar-refractivity contribution in [2.75, 3.05) is 13.1 Å². The molecule has 0 heterocycles. The van der Waals surface area contributed by atoms with Gasteiger partial charge in [0.25, 0.3) is 0 Å². The number of likely N-dealkylation sites (N-methyl/N-ethyl adjacent to an activating group) is 1. The third-order valence-electron chi connectivity index (χ3n) is 3.10. The standard InChI is InChI=1S/C13H18FN/c1-2-15-9-13(10-3-4-10)11-5-7-12(14)8-6-11/h5-8,10,13,15H,2-4,9H2,1H3. The minimum absolute atomic E-state index is 0.142. The zero-order valence-electron chi connectivity index (χ0n) is 9.17. The van der Waals surface area contributed by atoms with Crippen LogP contribution in [0.2, 0.25) is 0 Å². The molecule has 0 spiro atoms. The number of rotatable bonds is 5. The highest BCUT2D eigenvalue weighted by Crippen LogP contribution is 2.42. The van der Waals surface area contributed by atoms with Gasteiger partial charge in [-0.15, -0.1) is 0 Å². The summed E-state index contributed by atoms with van der Waals surface area (Å²) in [6, 6.07) is 6.98. The Kier molecular flexibility index (Phi) is 3.37. The molecule has 2 heteroatoms. The molecule has 1 atom stereocenters. The van der Waals surface area contributed by atoms with Crippen molar-refractivity contribution >= 4 is 0 Å². The lowest BCUT2D eigenvalue weighted by Gasteiger charge is -2.16. The summed E-state index contributed by atoms with van der Waals surface area (Å²) < 4.78 is 12.8. The van der Waals surface area contributed by atoms with E-state index in [0.29, 0.717) is 5.92 Å². The van der Waals surface area contributed by atoms with E-state index >= 15 is 0 Å². The van der Waals surface area contributed by atoms with Crippen molar-refractivity contribution in [2.24, 2.45) is 5.92 Å². The number of nitrogens with one attached hydrogen (secondary N) is 1. The summed E-state index contributed by atoms with van der Waals surface area (Å²) in [5.74, 6) is 1.25. The van der Waals surface area contributed by atoms with Gasteiger partial charge in [0.15, 0.2) is 0 Å². The Hall–Kier alpha value is -0.890. The molecule has 1 unspecified atom stereocenters. The van der Waals surface area contributed by atoms with Crippen LogP contribution in [0.15, 0.2) is 24.3 Å². The van der Waals surface area contributed by atoms with Crippen LogP contribution in [0, 0.1) is 11.7 Å². The molecule has 2 rings (SSSR count). The second kappa shape index (κ2) is 4.75. The van der Waals surface area contributed by atoms with Crippen LogP contribution < -0.4 is 5.32 Å². The van der Waals surface area contributed by atoms with E-state index in [1.807, 2.05) is 12.1 Å². The van der Waals surface area contributed by atoms with Crippen LogP contribution >= 0.6 is 0 Å². The second-order valence-electron chi connectivity index (χ2n) is 4.30. The molecule has 1 aromatic rings. The Morgan fingerprint density at radius 3 is 2.53 bits per heavy atom. The van der Waals surface area contributed by atoms with Crippen LogP contribution in [0.3, 0.4) is 0 Å². The van der Waals surface area contributed by atoms with Crippen molar-refractivity contribution in [1.29, 1.82) is 0 Å². The average Bonchev–Trinajstić information content (AvgIpc) is 3.05. The first-order chi connectivity index (χ1) is 7.31. The van der Waals surface area contributed by atoms with Gasteiger partial charge in [-0.2, -0.15) is 0 Å². The number of benzene rings is 1. The summed E-state index contributed by atoms with van der Waals surface area (Å²) in [6.07, 6.45) is 2.65. The van der Waals surface area contributed by atoms with Crippen molar-refractivity contribution in [3.05, 3.63) is 35.6 Å². The summed E-state index contributed by atoms with van der Waals surface area (Å²) >= 11 is 0. The Morgan fingerprint density at radius 1 is 1.33 bits per heavy atom. The van der Waals surface area contributed by atoms with Crippen LogP contribution in [0.5, 0.6) is 0 Å². The van der Waals surface area contributed by atoms with Gasteiger partial charge in [0.1, 0.15) is 5.82 Å². The predicted octanol–water partition coefficient (Wildman–Crippen LogP) is 2.93. The van der Waals surface area contributed by atoms with E-state index in [1.54, 1.807) is 12.1 Å². The van der Waals surface area contributed by atoms with E-state index in [-0.39, 0.29) is 5.82 Å².